The van der Waals surface area contributed by atoms with Gasteiger partial charge in [0.25, 0.3) is 0 Å². The smallest absolute Gasteiger partial charge is 0.387 e. The maximum absolute atomic E-state index is 13.8. The molecule has 3 rings (SSSR count). The molecule has 192 valence electrons. The first-order valence-corrected chi connectivity index (χ1v) is 13.4. The van der Waals surface area contributed by atoms with Gasteiger partial charge in [-0.05, 0) is 0 Å². The first-order chi connectivity index (χ1) is 15.6. The van der Waals surface area contributed by atoms with Crippen LogP contribution in [0.1, 0.15) is 6.23 Å². The van der Waals surface area contributed by atoms with Gasteiger partial charge < -0.3 is 39.8 Å². The van der Waals surface area contributed by atoms with E-state index in [2.05, 4.69) is 33.4 Å². The Kier molecular flexibility index (Phi) is 7.63. The van der Waals surface area contributed by atoms with Gasteiger partial charge in [0.1, 0.15) is 30.7 Å². The molecule has 0 radical (unpaired) electrons. The number of ether oxygens (including phenoxy) is 1. The van der Waals surface area contributed by atoms with Gasteiger partial charge >= 0.3 is 23.5 Å². The number of phosphoric ester groups is 1. The number of halogens is 1. The van der Waals surface area contributed by atoms with Crippen LogP contribution in [0.5, 0.6) is 0 Å². The van der Waals surface area contributed by atoms with Crippen molar-refractivity contribution in [1.29, 1.82) is 0 Å². The monoisotopic (exact) mass is 553 g/mol. The Labute approximate surface area is 188 Å². The van der Waals surface area contributed by atoms with E-state index in [1.54, 1.807) is 7.05 Å². The number of alkyl halides is 1. The van der Waals surface area contributed by atoms with E-state index in [0.717, 1.165) is 17.2 Å². The second kappa shape index (κ2) is 9.55. The Bertz CT molecular complexity index is 1190. The topological polar surface area (TPSA) is 265 Å². The van der Waals surface area contributed by atoms with Gasteiger partial charge in [-0.1, -0.05) is 0 Å². The Balaban J connectivity index is 1.80. The zero-order chi connectivity index (χ0) is 25.5. The molecule has 18 nitrogen and oxygen atoms in total. The molecule has 1 fully saturated rings. The number of aromatic nitrogens is 4. The fourth-order valence-electron chi connectivity index (χ4n) is 3.09. The van der Waals surface area contributed by atoms with Crippen molar-refractivity contribution in [1.82, 2.24) is 19.5 Å². The summed E-state index contributed by atoms with van der Waals surface area (Å²) in [6.45, 7) is -2.68. The van der Waals surface area contributed by atoms with E-state index < -0.39 is 60.8 Å². The molecule has 0 saturated carbocycles. The van der Waals surface area contributed by atoms with Crippen LogP contribution in [-0.4, -0.2) is 87.4 Å². The molecule has 7 N–H and O–H groups in total. The lowest BCUT2D eigenvalue weighted by atomic mass is 9.95. The lowest BCUT2D eigenvalue weighted by molar-refractivity contribution is -0.118. The van der Waals surface area contributed by atoms with Crippen molar-refractivity contribution in [3.8, 4) is 0 Å². The molecule has 34 heavy (non-hydrogen) atoms. The number of hydrogen-bond donors (Lipinski definition) is 7. The SMILES string of the molecule is CNc1ncnc2c1ncn2[C@@H]1O[C@H](COP(=O)(O)OP(=O)(O)OP(=O)(O)O)[C@@H](O)[C@]1(O)CF. The van der Waals surface area contributed by atoms with E-state index in [9.17, 15) is 38.1 Å². The Hall–Kier alpha value is -1.43. The van der Waals surface area contributed by atoms with E-state index >= 15 is 0 Å². The highest BCUT2D eigenvalue weighted by molar-refractivity contribution is 7.66. The van der Waals surface area contributed by atoms with Crippen LogP contribution in [0.3, 0.4) is 0 Å². The molecule has 6 atom stereocenters. The van der Waals surface area contributed by atoms with Gasteiger partial charge in [-0.15, -0.1) is 0 Å². The summed E-state index contributed by atoms with van der Waals surface area (Å²) in [5, 5.41) is 23.9. The number of rotatable bonds is 10. The number of aliphatic hydroxyl groups is 2. The molecule has 1 aliphatic rings. The minimum atomic E-state index is -5.78. The van der Waals surface area contributed by atoms with Gasteiger partial charge in [0, 0.05) is 7.05 Å². The highest BCUT2D eigenvalue weighted by Crippen LogP contribution is 2.66. The van der Waals surface area contributed by atoms with Crippen molar-refractivity contribution < 1.29 is 65.8 Å². The molecule has 22 heteroatoms. The van der Waals surface area contributed by atoms with Crippen LogP contribution < -0.4 is 5.32 Å². The molecule has 1 aliphatic heterocycles. The second-order valence-electron chi connectivity index (χ2n) is 6.78. The van der Waals surface area contributed by atoms with Crippen molar-refractivity contribution >= 4 is 40.4 Å². The van der Waals surface area contributed by atoms with Crippen LogP contribution in [0.2, 0.25) is 0 Å². The van der Waals surface area contributed by atoms with Crippen molar-refractivity contribution in [2.45, 2.75) is 24.0 Å². The summed E-state index contributed by atoms with van der Waals surface area (Å²) in [6.07, 6.45) is -3.20. The number of nitrogens with zero attached hydrogens (tertiary/aromatic N) is 4. The summed E-state index contributed by atoms with van der Waals surface area (Å²) in [7, 11) is -15.4. The summed E-state index contributed by atoms with van der Waals surface area (Å²) >= 11 is 0. The van der Waals surface area contributed by atoms with Crippen molar-refractivity contribution in [3.63, 3.8) is 0 Å². The molecule has 1 saturated heterocycles. The third-order valence-corrected chi connectivity index (χ3v) is 8.28. The number of hydrogen-bond acceptors (Lipinski definition) is 13. The summed E-state index contributed by atoms with van der Waals surface area (Å²) in [5.74, 6) is 0.287. The van der Waals surface area contributed by atoms with E-state index in [1.807, 2.05) is 0 Å². The lowest BCUT2D eigenvalue weighted by Crippen LogP contribution is -2.49. The average molecular weight is 553 g/mol. The molecule has 2 aromatic rings. The van der Waals surface area contributed by atoms with Crippen LogP contribution >= 0.6 is 23.5 Å². The number of anilines is 1. The third-order valence-electron chi connectivity index (χ3n) is 4.48. The minimum absolute atomic E-state index is 0.0666. The highest BCUT2D eigenvalue weighted by atomic mass is 31.3. The number of imidazole rings is 1. The Morgan fingerprint density at radius 1 is 1.18 bits per heavy atom. The lowest BCUT2D eigenvalue weighted by Gasteiger charge is -2.28. The molecule has 0 amide bonds. The molecule has 2 unspecified atom stereocenters. The fraction of sp³-hybridized carbons (Fsp3) is 0.583. The van der Waals surface area contributed by atoms with Crippen molar-refractivity contribution in [2.75, 3.05) is 25.6 Å². The number of nitrogens with one attached hydrogen (secondary N) is 1. The first-order valence-electron chi connectivity index (χ1n) is 8.88. The molecule has 0 bridgehead atoms. The summed E-state index contributed by atoms with van der Waals surface area (Å²) < 4.78 is 65.8. The second-order valence-corrected chi connectivity index (χ2v) is 11.2. The summed E-state index contributed by atoms with van der Waals surface area (Å²) in [5.41, 5.74) is -2.35. The number of phosphoric acid groups is 3. The third kappa shape index (κ3) is 5.68. The van der Waals surface area contributed by atoms with E-state index in [4.69, 9.17) is 14.5 Å². The normalized spacial score (nSPS) is 29.1. The number of fused-ring (bicyclic) bond motifs is 1. The highest BCUT2D eigenvalue weighted by Gasteiger charge is 2.57. The largest absolute Gasteiger partial charge is 0.490 e. The predicted octanol–water partition coefficient (Wildman–Crippen LogP) is -0.830. The van der Waals surface area contributed by atoms with Gasteiger partial charge in [-0.2, -0.15) is 8.62 Å². The van der Waals surface area contributed by atoms with E-state index in [-0.39, 0.29) is 17.0 Å². The zero-order valence-corrected chi connectivity index (χ0v) is 19.5. The maximum atomic E-state index is 13.8. The molecule has 2 aromatic heterocycles. The minimum Gasteiger partial charge on any atom is -0.387 e. The van der Waals surface area contributed by atoms with Gasteiger partial charge in [0.05, 0.1) is 12.9 Å². The predicted molar refractivity (Wildman–Crippen MR) is 106 cm³/mol. The van der Waals surface area contributed by atoms with Crippen LogP contribution in [0.25, 0.3) is 11.2 Å². The molecule has 3 heterocycles. The van der Waals surface area contributed by atoms with Crippen LogP contribution in [0.4, 0.5) is 10.2 Å². The molecule has 0 spiro atoms. The van der Waals surface area contributed by atoms with E-state index in [0.29, 0.717) is 0 Å². The van der Waals surface area contributed by atoms with E-state index in [1.165, 1.54) is 0 Å². The van der Waals surface area contributed by atoms with Gasteiger partial charge in [-0.3, -0.25) is 9.09 Å². The molecule has 0 aliphatic carbocycles. The Morgan fingerprint density at radius 3 is 2.44 bits per heavy atom. The van der Waals surface area contributed by atoms with Gasteiger partial charge in [0.15, 0.2) is 23.3 Å². The quantitative estimate of drug-likeness (QED) is 0.177. The molecule has 0 aromatic carbocycles. The van der Waals surface area contributed by atoms with Crippen LogP contribution in [0, 0.1) is 0 Å². The van der Waals surface area contributed by atoms with Gasteiger partial charge in [0.2, 0.25) is 0 Å². The van der Waals surface area contributed by atoms with Crippen LogP contribution in [0.15, 0.2) is 12.7 Å². The van der Waals surface area contributed by atoms with Crippen LogP contribution in [-0.2, 0) is 31.6 Å². The summed E-state index contributed by atoms with van der Waals surface area (Å²) in [4.78, 5) is 47.8. The first kappa shape index (κ1) is 27.2. The van der Waals surface area contributed by atoms with Gasteiger partial charge in [-0.25, -0.2) is 33.0 Å². The zero-order valence-electron chi connectivity index (χ0n) is 16.9. The maximum Gasteiger partial charge on any atom is 0.490 e. The standard InChI is InChI=1S/C12H19FN5O13P3/c1-14-9-7-10(16-4-15-9)18(5-17-7)11-12(20,3-13)8(19)6(29-11)2-28-33(24,25)31-34(26,27)30-32(21,22)23/h4-6,8,11,19-20H,2-3H2,1H3,(H,24,25)(H,26,27)(H,14,15,16)(H2,21,22,23)/t6-,8-,11-,12-/m1/s1. The fourth-order valence-corrected chi connectivity index (χ4v) is 6.11. The van der Waals surface area contributed by atoms with Crippen molar-refractivity contribution in [3.05, 3.63) is 12.7 Å². The van der Waals surface area contributed by atoms with Crippen molar-refractivity contribution in [2.24, 2.45) is 0 Å². The average Bonchev–Trinajstić information content (AvgIpc) is 3.23. The molecular formula is C12H19FN5O13P3. The Morgan fingerprint density at radius 2 is 1.85 bits per heavy atom. The molecular weight excluding hydrogens is 534 g/mol. The summed E-state index contributed by atoms with van der Waals surface area (Å²) in [6, 6.07) is 0. The number of aliphatic hydroxyl groups excluding tert-OH is 1.